The van der Waals surface area contributed by atoms with E-state index in [1.54, 1.807) is 14.2 Å². The van der Waals surface area contributed by atoms with Crippen molar-refractivity contribution in [3.8, 4) is 11.5 Å². The van der Waals surface area contributed by atoms with Crippen molar-refractivity contribution < 1.29 is 14.3 Å². The van der Waals surface area contributed by atoms with E-state index in [2.05, 4.69) is 52.4 Å². The lowest BCUT2D eigenvalue weighted by Crippen LogP contribution is -2.26. The number of nitrogens with one attached hydrogen (secondary N) is 1. The summed E-state index contributed by atoms with van der Waals surface area (Å²) in [6.07, 6.45) is 3.01. The van der Waals surface area contributed by atoms with Gasteiger partial charge in [-0.05, 0) is 48.1 Å². The molecule has 0 fully saturated rings. The van der Waals surface area contributed by atoms with Crippen molar-refractivity contribution in [2.75, 3.05) is 20.8 Å². The summed E-state index contributed by atoms with van der Waals surface area (Å²) in [5, 5.41) is 2.99. The normalized spacial score (nSPS) is 10.5. The van der Waals surface area contributed by atoms with E-state index in [4.69, 9.17) is 9.47 Å². The summed E-state index contributed by atoms with van der Waals surface area (Å²) in [5.41, 5.74) is 3.58. The Bertz CT molecular complexity index is 729. The van der Waals surface area contributed by atoms with Crippen LogP contribution >= 0.6 is 15.9 Å². The molecule has 0 spiro atoms. The molecule has 0 aliphatic heterocycles. The van der Waals surface area contributed by atoms with Gasteiger partial charge >= 0.3 is 0 Å². The zero-order valence-corrected chi connectivity index (χ0v) is 17.2. The van der Waals surface area contributed by atoms with Crippen molar-refractivity contribution in [1.82, 2.24) is 5.32 Å². The second-order valence-electron chi connectivity index (χ2n) is 6.07. The second kappa shape index (κ2) is 10.2. The number of carbonyl (C=O) groups excluding carboxylic acids is 1. The van der Waals surface area contributed by atoms with Gasteiger partial charge in [0.15, 0.2) is 11.5 Å². The molecule has 140 valence electrons. The van der Waals surface area contributed by atoms with Crippen molar-refractivity contribution in [3.63, 3.8) is 0 Å². The van der Waals surface area contributed by atoms with Crippen LogP contribution < -0.4 is 14.8 Å². The maximum atomic E-state index is 12.1. The van der Waals surface area contributed by atoms with Crippen LogP contribution in [-0.4, -0.2) is 26.7 Å². The number of halogens is 1. The first-order chi connectivity index (χ1) is 12.6. The minimum absolute atomic E-state index is 0.0705. The summed E-state index contributed by atoms with van der Waals surface area (Å²) >= 11 is 3.54. The summed E-state index contributed by atoms with van der Waals surface area (Å²) in [6.45, 7) is 2.72. The maximum absolute atomic E-state index is 12.1. The average molecular weight is 420 g/mol. The van der Waals surface area contributed by atoms with Crippen LogP contribution in [0.2, 0.25) is 0 Å². The molecule has 4 nitrogen and oxygen atoms in total. The van der Waals surface area contributed by atoms with Crippen molar-refractivity contribution >= 4 is 21.8 Å². The van der Waals surface area contributed by atoms with Crippen molar-refractivity contribution in [1.29, 1.82) is 0 Å². The molecular formula is C21H26BrNO3. The number of hydrogen-bond acceptors (Lipinski definition) is 3. The molecule has 26 heavy (non-hydrogen) atoms. The number of benzene rings is 2. The molecule has 0 bridgehead atoms. The fourth-order valence-electron chi connectivity index (χ4n) is 2.71. The zero-order valence-electron chi connectivity index (χ0n) is 15.6. The summed E-state index contributed by atoms with van der Waals surface area (Å²) < 4.78 is 11.6. The molecule has 5 heteroatoms. The van der Waals surface area contributed by atoms with Gasteiger partial charge in [0.25, 0.3) is 0 Å². The molecule has 0 saturated carbocycles. The summed E-state index contributed by atoms with van der Waals surface area (Å²) in [7, 11) is 3.23. The van der Waals surface area contributed by atoms with Crippen molar-refractivity contribution in [2.45, 2.75) is 32.6 Å². The van der Waals surface area contributed by atoms with Crippen molar-refractivity contribution in [2.24, 2.45) is 0 Å². The molecule has 1 N–H and O–H groups in total. The zero-order chi connectivity index (χ0) is 18.9. The minimum Gasteiger partial charge on any atom is -0.493 e. The maximum Gasteiger partial charge on any atom is 0.220 e. The van der Waals surface area contributed by atoms with Gasteiger partial charge in [-0.3, -0.25) is 4.79 Å². The topological polar surface area (TPSA) is 47.6 Å². The lowest BCUT2D eigenvalue weighted by molar-refractivity contribution is -0.121. The number of hydrogen-bond donors (Lipinski definition) is 1. The number of ether oxygens (including phenoxy) is 2. The molecule has 0 heterocycles. The van der Waals surface area contributed by atoms with Gasteiger partial charge in [-0.15, -0.1) is 0 Å². The summed E-state index contributed by atoms with van der Waals surface area (Å²) in [5.74, 6) is 1.44. The number of amides is 1. The minimum atomic E-state index is 0.0705. The predicted molar refractivity (Wildman–Crippen MR) is 108 cm³/mol. The highest BCUT2D eigenvalue weighted by molar-refractivity contribution is 9.10. The Morgan fingerprint density at radius 1 is 1.00 bits per heavy atom. The van der Waals surface area contributed by atoms with Gasteiger partial charge in [0.1, 0.15) is 0 Å². The number of aryl methyl sites for hydroxylation is 2. The summed E-state index contributed by atoms with van der Waals surface area (Å²) in [4.78, 5) is 12.1. The van der Waals surface area contributed by atoms with Crippen LogP contribution in [0.3, 0.4) is 0 Å². The fourth-order valence-corrected chi connectivity index (χ4v) is 3.23. The van der Waals surface area contributed by atoms with Gasteiger partial charge < -0.3 is 14.8 Å². The molecular weight excluding hydrogens is 394 g/mol. The Morgan fingerprint density at radius 2 is 1.62 bits per heavy atom. The van der Waals surface area contributed by atoms with Gasteiger partial charge in [-0.25, -0.2) is 0 Å². The predicted octanol–water partition coefficient (Wildman–Crippen LogP) is 4.32. The van der Waals surface area contributed by atoms with E-state index in [1.807, 2.05) is 12.1 Å². The fraction of sp³-hybridized carbons (Fsp3) is 0.381. The van der Waals surface area contributed by atoms with Gasteiger partial charge in [-0.2, -0.15) is 0 Å². The molecule has 2 aromatic carbocycles. The highest BCUT2D eigenvalue weighted by Crippen LogP contribution is 2.33. The summed E-state index contributed by atoms with van der Waals surface area (Å²) in [6, 6.07) is 12.3. The lowest BCUT2D eigenvalue weighted by atomic mass is 10.1. The highest BCUT2D eigenvalue weighted by atomic mass is 79.9. The molecule has 0 atom stereocenters. The highest BCUT2D eigenvalue weighted by Gasteiger charge is 2.10. The first kappa shape index (κ1) is 20.3. The molecule has 1 amide bonds. The van der Waals surface area contributed by atoms with E-state index in [0.717, 1.165) is 29.3 Å². The molecule has 0 aliphatic carbocycles. The van der Waals surface area contributed by atoms with Crippen LogP contribution in [0.15, 0.2) is 40.9 Å². The standard InChI is InChI=1S/C21H26BrNO3/c1-4-15-5-7-16(8-6-15)9-10-21(24)23-12-11-17-13-19(25-2)20(26-3)14-18(17)22/h5-8,13-14H,4,9-12H2,1-3H3,(H,23,24). The third-order valence-electron chi connectivity index (χ3n) is 4.34. The smallest absolute Gasteiger partial charge is 0.220 e. The van der Waals surface area contributed by atoms with Crippen molar-refractivity contribution in [3.05, 3.63) is 57.6 Å². The Kier molecular flexibility index (Phi) is 7.98. The van der Waals surface area contributed by atoms with Crippen LogP contribution in [0.5, 0.6) is 11.5 Å². The van der Waals surface area contributed by atoms with E-state index in [9.17, 15) is 4.79 Å². The molecule has 0 radical (unpaired) electrons. The number of methoxy groups -OCH3 is 2. The Morgan fingerprint density at radius 3 is 2.23 bits per heavy atom. The molecule has 0 aliphatic rings. The van der Waals surface area contributed by atoms with Crippen LogP contribution in [-0.2, 0) is 24.1 Å². The van der Waals surface area contributed by atoms with Crippen LogP contribution in [0.25, 0.3) is 0 Å². The SMILES string of the molecule is CCc1ccc(CCC(=O)NCCc2cc(OC)c(OC)cc2Br)cc1. The van der Waals surface area contributed by atoms with E-state index in [1.165, 1.54) is 11.1 Å². The van der Waals surface area contributed by atoms with E-state index in [-0.39, 0.29) is 5.91 Å². The Labute approximate surface area is 164 Å². The molecule has 0 aromatic heterocycles. The number of rotatable bonds is 9. The molecule has 0 unspecified atom stereocenters. The van der Waals surface area contributed by atoms with E-state index < -0.39 is 0 Å². The van der Waals surface area contributed by atoms with Crippen LogP contribution in [0.4, 0.5) is 0 Å². The third-order valence-corrected chi connectivity index (χ3v) is 5.08. The first-order valence-electron chi connectivity index (χ1n) is 8.82. The van der Waals surface area contributed by atoms with E-state index >= 15 is 0 Å². The van der Waals surface area contributed by atoms with Gasteiger partial charge in [0.05, 0.1) is 14.2 Å². The van der Waals surface area contributed by atoms with Gasteiger partial charge in [0, 0.05) is 17.4 Å². The Hall–Kier alpha value is -2.01. The third kappa shape index (κ3) is 5.77. The first-order valence-corrected chi connectivity index (χ1v) is 9.61. The van der Waals surface area contributed by atoms with Crippen LogP contribution in [0, 0.1) is 0 Å². The number of carbonyl (C=O) groups is 1. The van der Waals surface area contributed by atoms with Gasteiger partial charge in [-0.1, -0.05) is 47.1 Å². The quantitative estimate of drug-likeness (QED) is 0.658. The van der Waals surface area contributed by atoms with Gasteiger partial charge in [0.2, 0.25) is 5.91 Å². The monoisotopic (exact) mass is 419 g/mol. The molecule has 2 rings (SSSR count). The van der Waals surface area contributed by atoms with E-state index in [0.29, 0.717) is 24.5 Å². The van der Waals surface area contributed by atoms with Crippen LogP contribution in [0.1, 0.15) is 30.0 Å². The molecule has 2 aromatic rings. The lowest BCUT2D eigenvalue weighted by Gasteiger charge is -2.12. The average Bonchev–Trinajstić information content (AvgIpc) is 2.67. The largest absolute Gasteiger partial charge is 0.493 e. The Balaban J connectivity index is 1.80. The molecule has 0 saturated heterocycles. The second-order valence-corrected chi connectivity index (χ2v) is 6.92.